The highest BCUT2D eigenvalue weighted by Gasteiger charge is 2.26. The smallest absolute Gasteiger partial charge is 0.188 e. The van der Waals surface area contributed by atoms with Crippen molar-refractivity contribution in [2.45, 2.75) is 38.1 Å². The second kappa shape index (κ2) is 5.89. The van der Waals surface area contributed by atoms with Crippen LogP contribution in [0, 0.1) is 0 Å². The minimum absolute atomic E-state index is 0.800. The fraction of sp³-hybridized carbons (Fsp3) is 0.625. The molecule has 2 aliphatic rings. The van der Waals surface area contributed by atoms with Crippen molar-refractivity contribution in [3.8, 4) is 0 Å². The highest BCUT2D eigenvalue weighted by Crippen LogP contribution is 2.30. The number of nitrogens with zero attached hydrogens (tertiary/aromatic N) is 4. The minimum Gasteiger partial charge on any atom is -0.348 e. The highest BCUT2D eigenvalue weighted by atomic mass is 32.1. The van der Waals surface area contributed by atoms with E-state index in [2.05, 4.69) is 20.9 Å². The zero-order valence-electron chi connectivity index (χ0n) is 12.4. The molecule has 2 aromatic rings. The molecule has 4 rings (SSSR count). The first kappa shape index (κ1) is 13.5. The van der Waals surface area contributed by atoms with Gasteiger partial charge < -0.3 is 9.80 Å². The van der Waals surface area contributed by atoms with Gasteiger partial charge in [-0.3, -0.25) is 0 Å². The number of piperidine rings is 2. The van der Waals surface area contributed by atoms with Gasteiger partial charge in [0.1, 0.15) is 0 Å². The van der Waals surface area contributed by atoms with Crippen LogP contribution in [0.5, 0.6) is 0 Å². The van der Waals surface area contributed by atoms with Crippen LogP contribution < -0.4 is 4.90 Å². The molecule has 0 spiro atoms. The molecule has 21 heavy (non-hydrogen) atoms. The van der Waals surface area contributed by atoms with E-state index in [1.165, 1.54) is 49.9 Å². The SMILES string of the molecule is c1cnc2nc(N3CCC(N4CCCCC4)CC3)sc2c1. The van der Waals surface area contributed by atoms with Gasteiger partial charge in [-0.15, -0.1) is 0 Å². The number of likely N-dealkylation sites (tertiary alicyclic amines) is 1. The maximum Gasteiger partial charge on any atom is 0.188 e. The van der Waals surface area contributed by atoms with Gasteiger partial charge in [0, 0.05) is 25.3 Å². The molecule has 0 N–H and O–H groups in total. The Labute approximate surface area is 129 Å². The molecule has 2 aromatic heterocycles. The second-order valence-electron chi connectivity index (χ2n) is 6.14. The normalized spacial score (nSPS) is 22.0. The van der Waals surface area contributed by atoms with Gasteiger partial charge in [0.05, 0.1) is 4.70 Å². The Kier molecular flexibility index (Phi) is 3.78. The van der Waals surface area contributed by atoms with E-state index < -0.39 is 0 Å². The Morgan fingerprint density at radius 2 is 1.86 bits per heavy atom. The lowest BCUT2D eigenvalue weighted by Crippen LogP contribution is -2.46. The molecule has 0 bridgehead atoms. The van der Waals surface area contributed by atoms with Gasteiger partial charge in [-0.2, -0.15) is 4.98 Å². The van der Waals surface area contributed by atoms with E-state index in [0.29, 0.717) is 0 Å². The molecule has 0 aromatic carbocycles. The third kappa shape index (κ3) is 2.77. The molecule has 0 aliphatic carbocycles. The molecule has 4 nitrogen and oxygen atoms in total. The van der Waals surface area contributed by atoms with Crippen LogP contribution in [0.15, 0.2) is 18.3 Å². The molecule has 5 heteroatoms. The van der Waals surface area contributed by atoms with Crippen molar-refractivity contribution >= 4 is 26.8 Å². The van der Waals surface area contributed by atoms with Crippen LogP contribution >= 0.6 is 11.3 Å². The third-order valence-electron chi connectivity index (χ3n) is 4.80. The molecule has 0 amide bonds. The number of fused-ring (bicyclic) bond motifs is 1. The third-order valence-corrected chi connectivity index (χ3v) is 5.87. The Hall–Kier alpha value is -1.20. The van der Waals surface area contributed by atoms with E-state index in [0.717, 1.165) is 29.9 Å². The molecular formula is C16H22N4S. The van der Waals surface area contributed by atoms with Crippen molar-refractivity contribution in [1.29, 1.82) is 0 Å². The van der Waals surface area contributed by atoms with E-state index in [1.807, 2.05) is 12.3 Å². The molecular weight excluding hydrogens is 280 g/mol. The number of pyridine rings is 1. The van der Waals surface area contributed by atoms with Crippen molar-refractivity contribution in [2.24, 2.45) is 0 Å². The van der Waals surface area contributed by atoms with Gasteiger partial charge in [-0.05, 0) is 50.9 Å². The zero-order valence-corrected chi connectivity index (χ0v) is 13.2. The van der Waals surface area contributed by atoms with Crippen molar-refractivity contribution in [2.75, 3.05) is 31.1 Å². The van der Waals surface area contributed by atoms with Gasteiger partial charge >= 0.3 is 0 Å². The van der Waals surface area contributed by atoms with Gasteiger partial charge in [-0.25, -0.2) is 4.98 Å². The van der Waals surface area contributed by atoms with Crippen LogP contribution in [0.25, 0.3) is 10.3 Å². The Morgan fingerprint density at radius 3 is 2.62 bits per heavy atom. The predicted octanol–water partition coefficient (Wildman–Crippen LogP) is 3.15. The van der Waals surface area contributed by atoms with Gasteiger partial charge in [-0.1, -0.05) is 17.8 Å². The van der Waals surface area contributed by atoms with Crippen molar-refractivity contribution < 1.29 is 0 Å². The minimum atomic E-state index is 0.800. The summed E-state index contributed by atoms with van der Waals surface area (Å²) in [5.41, 5.74) is 0.899. The first-order valence-electron chi connectivity index (χ1n) is 8.11. The lowest BCUT2D eigenvalue weighted by molar-refractivity contribution is 0.141. The number of rotatable bonds is 2. The summed E-state index contributed by atoms with van der Waals surface area (Å²) in [7, 11) is 0. The van der Waals surface area contributed by atoms with Crippen molar-refractivity contribution in [3.63, 3.8) is 0 Å². The van der Waals surface area contributed by atoms with E-state index in [-0.39, 0.29) is 0 Å². The summed E-state index contributed by atoms with van der Waals surface area (Å²) in [6, 6.07) is 4.91. The van der Waals surface area contributed by atoms with E-state index >= 15 is 0 Å². The summed E-state index contributed by atoms with van der Waals surface area (Å²) >= 11 is 1.78. The van der Waals surface area contributed by atoms with Crippen LogP contribution in [-0.2, 0) is 0 Å². The summed E-state index contributed by atoms with van der Waals surface area (Å²) in [6.45, 7) is 4.91. The molecule has 2 saturated heterocycles. The monoisotopic (exact) mass is 302 g/mol. The summed E-state index contributed by atoms with van der Waals surface area (Å²) in [6.07, 6.45) is 8.60. The quantitative estimate of drug-likeness (QED) is 0.853. The number of thiazole rings is 1. The van der Waals surface area contributed by atoms with Crippen molar-refractivity contribution in [1.82, 2.24) is 14.9 Å². The fourth-order valence-corrected chi connectivity index (χ4v) is 4.58. The maximum atomic E-state index is 4.69. The van der Waals surface area contributed by atoms with E-state index in [1.54, 1.807) is 11.3 Å². The number of aromatic nitrogens is 2. The van der Waals surface area contributed by atoms with Gasteiger partial charge in [0.2, 0.25) is 0 Å². The average Bonchev–Trinajstić information content (AvgIpc) is 3.00. The Morgan fingerprint density at radius 1 is 1.05 bits per heavy atom. The van der Waals surface area contributed by atoms with Gasteiger partial charge in [0.25, 0.3) is 0 Å². The van der Waals surface area contributed by atoms with E-state index in [9.17, 15) is 0 Å². The average molecular weight is 302 g/mol. The molecule has 0 atom stereocenters. The lowest BCUT2D eigenvalue weighted by atomic mass is 10.0. The highest BCUT2D eigenvalue weighted by molar-refractivity contribution is 7.22. The van der Waals surface area contributed by atoms with Crippen LogP contribution in [0.4, 0.5) is 5.13 Å². The number of hydrogen-bond donors (Lipinski definition) is 0. The molecule has 112 valence electrons. The summed E-state index contributed by atoms with van der Waals surface area (Å²) in [5.74, 6) is 0. The lowest BCUT2D eigenvalue weighted by Gasteiger charge is -2.40. The molecule has 0 saturated carbocycles. The van der Waals surface area contributed by atoms with Crippen LogP contribution in [-0.4, -0.2) is 47.1 Å². The molecule has 0 radical (unpaired) electrons. The fourth-order valence-electron chi connectivity index (χ4n) is 3.60. The maximum absolute atomic E-state index is 4.69. The first-order valence-corrected chi connectivity index (χ1v) is 8.92. The molecule has 4 heterocycles. The Bertz CT molecular complexity index is 564. The number of anilines is 1. The zero-order chi connectivity index (χ0) is 14.1. The number of hydrogen-bond acceptors (Lipinski definition) is 5. The van der Waals surface area contributed by atoms with Crippen molar-refractivity contribution in [3.05, 3.63) is 18.3 Å². The summed E-state index contributed by atoms with van der Waals surface area (Å²) in [4.78, 5) is 14.2. The van der Waals surface area contributed by atoms with Crippen LogP contribution in [0.2, 0.25) is 0 Å². The van der Waals surface area contributed by atoms with Gasteiger partial charge in [0.15, 0.2) is 10.8 Å². The Balaban J connectivity index is 1.42. The summed E-state index contributed by atoms with van der Waals surface area (Å²) < 4.78 is 1.20. The van der Waals surface area contributed by atoms with E-state index in [4.69, 9.17) is 4.98 Å². The molecule has 0 unspecified atom stereocenters. The van der Waals surface area contributed by atoms with Crippen LogP contribution in [0.3, 0.4) is 0 Å². The first-order chi connectivity index (χ1) is 10.4. The largest absolute Gasteiger partial charge is 0.348 e. The standard InChI is InChI=1S/C16H22N4S/c1-2-9-19(10-3-1)13-6-11-20(12-7-13)16-18-15-14(21-16)5-4-8-17-15/h4-5,8,13H,1-3,6-7,9-12H2. The molecule has 2 fully saturated rings. The predicted molar refractivity (Wildman–Crippen MR) is 88.1 cm³/mol. The van der Waals surface area contributed by atoms with Crippen LogP contribution in [0.1, 0.15) is 32.1 Å². The second-order valence-corrected chi connectivity index (χ2v) is 7.15. The summed E-state index contributed by atoms with van der Waals surface area (Å²) in [5, 5.41) is 1.15. The topological polar surface area (TPSA) is 32.3 Å². The molecule has 2 aliphatic heterocycles.